The number of nitrogens with one attached hydrogen (secondary N) is 1. The first-order chi connectivity index (χ1) is 11.0. The van der Waals surface area contributed by atoms with Gasteiger partial charge in [0.1, 0.15) is 16.5 Å². The minimum absolute atomic E-state index is 0.0532. The van der Waals surface area contributed by atoms with Gasteiger partial charge in [-0.1, -0.05) is 0 Å². The second-order valence-corrected chi connectivity index (χ2v) is 6.42. The lowest BCUT2D eigenvalue weighted by Gasteiger charge is -2.15. The van der Waals surface area contributed by atoms with Gasteiger partial charge in [0.25, 0.3) is 5.91 Å². The molecule has 0 aliphatic rings. The zero-order valence-corrected chi connectivity index (χ0v) is 14.8. The van der Waals surface area contributed by atoms with E-state index in [1.54, 1.807) is 11.9 Å². The van der Waals surface area contributed by atoms with Crippen molar-refractivity contribution >= 4 is 17.2 Å². The van der Waals surface area contributed by atoms with E-state index >= 15 is 0 Å². The predicted molar refractivity (Wildman–Crippen MR) is 94.2 cm³/mol. The van der Waals surface area contributed by atoms with Crippen molar-refractivity contribution in [3.63, 3.8) is 0 Å². The van der Waals surface area contributed by atoms with Gasteiger partial charge in [-0.15, -0.1) is 11.3 Å². The maximum atomic E-state index is 12.3. The first kappa shape index (κ1) is 17.4. The van der Waals surface area contributed by atoms with E-state index in [9.17, 15) is 4.79 Å². The lowest BCUT2D eigenvalue weighted by Crippen LogP contribution is -2.32. The quantitative estimate of drug-likeness (QED) is 0.846. The van der Waals surface area contributed by atoms with E-state index in [0.29, 0.717) is 12.2 Å². The highest BCUT2D eigenvalue weighted by Crippen LogP contribution is 2.26. The number of carbonyl (C=O) groups excluding carboxylic acids is 1. The molecule has 1 N–H and O–H groups in total. The number of amides is 1. The number of ether oxygens (including phenoxy) is 1. The second-order valence-electron chi connectivity index (χ2n) is 5.56. The fraction of sp³-hybridized carbons (Fsp3) is 0.412. The number of rotatable bonds is 7. The zero-order chi connectivity index (χ0) is 16.8. The molecule has 1 aromatic carbocycles. The van der Waals surface area contributed by atoms with Crippen molar-refractivity contribution in [2.24, 2.45) is 0 Å². The summed E-state index contributed by atoms with van der Waals surface area (Å²) in [4.78, 5) is 18.4. The molecule has 6 heteroatoms. The highest BCUT2D eigenvalue weighted by atomic mass is 32.1. The Kier molecular flexibility index (Phi) is 6.12. The normalized spacial score (nSPS) is 10.8. The molecule has 124 valence electrons. The van der Waals surface area contributed by atoms with Gasteiger partial charge in [-0.2, -0.15) is 0 Å². The Bertz CT molecular complexity index is 638. The Hall–Kier alpha value is -1.92. The lowest BCUT2D eigenvalue weighted by molar-refractivity contribution is 0.0792. The van der Waals surface area contributed by atoms with E-state index in [1.165, 1.54) is 11.3 Å². The molecular formula is C17H23N3O2S. The van der Waals surface area contributed by atoms with Crippen LogP contribution in [0, 0.1) is 0 Å². The summed E-state index contributed by atoms with van der Waals surface area (Å²) >= 11 is 1.48. The van der Waals surface area contributed by atoms with Crippen molar-refractivity contribution < 1.29 is 9.53 Å². The van der Waals surface area contributed by atoms with E-state index < -0.39 is 0 Å². The van der Waals surface area contributed by atoms with Crippen LogP contribution in [0.25, 0.3) is 10.6 Å². The standard InChI is InChI=1S/C17H23N3O2S/c1-12(2)22-14-7-5-13(6-8-14)16-19-15(11-23-16)17(21)20(4)10-9-18-3/h5-8,11-12,18H,9-10H2,1-4H3. The van der Waals surface area contributed by atoms with Gasteiger partial charge in [0, 0.05) is 31.1 Å². The number of aromatic nitrogens is 1. The maximum Gasteiger partial charge on any atom is 0.273 e. The molecule has 5 nitrogen and oxygen atoms in total. The topological polar surface area (TPSA) is 54.5 Å². The Balaban J connectivity index is 2.08. The number of hydrogen-bond acceptors (Lipinski definition) is 5. The Labute approximate surface area is 141 Å². The van der Waals surface area contributed by atoms with Crippen molar-refractivity contribution in [2.45, 2.75) is 20.0 Å². The molecule has 2 aromatic rings. The van der Waals surface area contributed by atoms with Gasteiger partial charge in [-0.25, -0.2) is 4.98 Å². The minimum Gasteiger partial charge on any atom is -0.491 e. The summed E-state index contributed by atoms with van der Waals surface area (Å²) in [7, 11) is 3.66. The van der Waals surface area contributed by atoms with Gasteiger partial charge in [0.05, 0.1) is 6.10 Å². The number of benzene rings is 1. The smallest absolute Gasteiger partial charge is 0.273 e. The third-order valence-corrected chi connectivity index (χ3v) is 4.13. The lowest BCUT2D eigenvalue weighted by atomic mass is 10.2. The van der Waals surface area contributed by atoms with Gasteiger partial charge < -0.3 is 15.0 Å². The molecular weight excluding hydrogens is 310 g/mol. The van der Waals surface area contributed by atoms with Crippen LogP contribution in [0.4, 0.5) is 0 Å². The summed E-state index contributed by atoms with van der Waals surface area (Å²) in [6.07, 6.45) is 0.151. The van der Waals surface area contributed by atoms with E-state index in [-0.39, 0.29) is 12.0 Å². The summed E-state index contributed by atoms with van der Waals surface area (Å²) in [6.45, 7) is 5.41. The number of likely N-dealkylation sites (N-methyl/N-ethyl adjacent to an activating group) is 2. The minimum atomic E-state index is -0.0532. The van der Waals surface area contributed by atoms with Crippen LogP contribution in [-0.2, 0) is 0 Å². The van der Waals surface area contributed by atoms with Gasteiger partial charge in [-0.3, -0.25) is 4.79 Å². The molecule has 0 aliphatic carbocycles. The largest absolute Gasteiger partial charge is 0.491 e. The van der Waals surface area contributed by atoms with Crippen LogP contribution in [0.5, 0.6) is 5.75 Å². The first-order valence-corrected chi connectivity index (χ1v) is 8.52. The van der Waals surface area contributed by atoms with E-state index in [4.69, 9.17) is 4.74 Å². The third kappa shape index (κ3) is 4.77. The summed E-state index contributed by atoms with van der Waals surface area (Å²) in [5.74, 6) is 0.783. The highest BCUT2D eigenvalue weighted by Gasteiger charge is 2.15. The van der Waals surface area contributed by atoms with Gasteiger partial charge in [0.2, 0.25) is 0 Å². The number of nitrogens with zero attached hydrogens (tertiary/aromatic N) is 2. The molecule has 0 aliphatic heterocycles. The molecule has 1 amide bonds. The molecule has 0 atom stereocenters. The highest BCUT2D eigenvalue weighted by molar-refractivity contribution is 7.13. The van der Waals surface area contributed by atoms with Crippen molar-refractivity contribution in [1.29, 1.82) is 0 Å². The van der Waals surface area contributed by atoms with Crippen LogP contribution < -0.4 is 10.1 Å². The molecule has 0 spiro atoms. The molecule has 0 fully saturated rings. The summed E-state index contributed by atoms with van der Waals surface area (Å²) in [5.41, 5.74) is 1.48. The van der Waals surface area contributed by atoms with Gasteiger partial charge in [0.15, 0.2) is 0 Å². The molecule has 1 aromatic heterocycles. The molecule has 0 radical (unpaired) electrons. The van der Waals surface area contributed by atoms with Crippen LogP contribution in [0.3, 0.4) is 0 Å². The molecule has 0 unspecified atom stereocenters. The van der Waals surface area contributed by atoms with E-state index in [2.05, 4.69) is 10.3 Å². The van der Waals surface area contributed by atoms with Crippen LogP contribution in [0.2, 0.25) is 0 Å². The molecule has 0 saturated carbocycles. The first-order valence-electron chi connectivity index (χ1n) is 7.64. The van der Waals surface area contributed by atoms with Crippen LogP contribution in [0.1, 0.15) is 24.3 Å². The average molecular weight is 333 g/mol. The summed E-state index contributed by atoms with van der Waals surface area (Å²) in [6, 6.07) is 7.79. The maximum absolute atomic E-state index is 12.3. The van der Waals surface area contributed by atoms with Crippen molar-refractivity contribution in [3.05, 3.63) is 35.3 Å². The van der Waals surface area contributed by atoms with Crippen molar-refractivity contribution in [2.75, 3.05) is 27.2 Å². The number of thiazole rings is 1. The van der Waals surface area contributed by atoms with Crippen LogP contribution in [-0.4, -0.2) is 49.1 Å². The SMILES string of the molecule is CNCCN(C)C(=O)c1csc(-c2ccc(OC(C)C)cc2)n1. The fourth-order valence-electron chi connectivity index (χ4n) is 2.03. The predicted octanol–water partition coefficient (Wildman–Crippen LogP) is 2.89. The Morgan fingerprint density at radius 2 is 2.04 bits per heavy atom. The van der Waals surface area contributed by atoms with E-state index in [0.717, 1.165) is 22.9 Å². The van der Waals surface area contributed by atoms with E-state index in [1.807, 2.05) is 50.5 Å². The molecule has 2 rings (SSSR count). The van der Waals surface area contributed by atoms with Crippen LogP contribution in [0.15, 0.2) is 29.6 Å². The zero-order valence-electron chi connectivity index (χ0n) is 14.0. The van der Waals surface area contributed by atoms with Crippen molar-refractivity contribution in [1.82, 2.24) is 15.2 Å². The summed E-state index contributed by atoms with van der Waals surface area (Å²) in [5, 5.41) is 5.68. The van der Waals surface area contributed by atoms with Crippen LogP contribution >= 0.6 is 11.3 Å². The van der Waals surface area contributed by atoms with Gasteiger partial charge in [-0.05, 0) is 45.2 Å². The fourth-order valence-corrected chi connectivity index (χ4v) is 2.83. The molecule has 23 heavy (non-hydrogen) atoms. The summed E-state index contributed by atoms with van der Waals surface area (Å²) < 4.78 is 5.63. The Morgan fingerprint density at radius 3 is 2.65 bits per heavy atom. The average Bonchev–Trinajstić information content (AvgIpc) is 3.02. The number of carbonyl (C=O) groups is 1. The molecule has 1 heterocycles. The van der Waals surface area contributed by atoms with Crippen molar-refractivity contribution in [3.8, 4) is 16.3 Å². The van der Waals surface area contributed by atoms with Gasteiger partial charge >= 0.3 is 0 Å². The third-order valence-electron chi connectivity index (χ3n) is 3.24. The molecule has 0 bridgehead atoms. The number of hydrogen-bond donors (Lipinski definition) is 1. The Morgan fingerprint density at radius 1 is 1.35 bits per heavy atom. The monoisotopic (exact) mass is 333 g/mol. The molecule has 0 saturated heterocycles. The second kappa shape index (κ2) is 8.08.